The molecule has 110 valence electrons. The Kier molecular flexibility index (Phi) is 5.64. The number of rotatable bonds is 4. The first-order valence-electron chi connectivity index (χ1n) is 5.00. The zero-order valence-corrected chi connectivity index (χ0v) is 10.3. The lowest BCUT2D eigenvalue weighted by Gasteiger charge is -2.26. The van der Waals surface area contributed by atoms with Crippen molar-refractivity contribution in [2.75, 3.05) is 0 Å². The van der Waals surface area contributed by atoms with Crippen LogP contribution >= 0.6 is 0 Å². The number of allylic oxidation sites excluding steroid dienone is 3. The Morgan fingerprint density at radius 1 is 1.05 bits per heavy atom. The maximum atomic E-state index is 13.1. The number of carbonyl (C=O) groups is 1. The predicted octanol–water partition coefficient (Wildman–Crippen LogP) is 3.94. The van der Waals surface area contributed by atoms with Gasteiger partial charge in [0, 0.05) is 5.57 Å². The third kappa shape index (κ3) is 4.60. The molecular formula is C11H12F6O2. The molecule has 0 heterocycles. The highest BCUT2D eigenvalue weighted by Crippen LogP contribution is 2.40. The largest absolute Gasteiger partial charge is 0.466 e. The van der Waals surface area contributed by atoms with Crippen LogP contribution in [0.4, 0.5) is 26.3 Å². The summed E-state index contributed by atoms with van der Waals surface area (Å²) in [5.41, 5.74) is 0.261. The summed E-state index contributed by atoms with van der Waals surface area (Å²) < 4.78 is 77.0. The predicted molar refractivity (Wildman–Crippen MR) is 55.2 cm³/mol. The molecule has 0 bridgehead atoms. The number of esters is 1. The molecule has 0 N–H and O–H groups in total. The van der Waals surface area contributed by atoms with Crippen LogP contribution in [0.1, 0.15) is 20.8 Å². The van der Waals surface area contributed by atoms with E-state index in [1.165, 1.54) is 6.08 Å². The van der Waals surface area contributed by atoms with Crippen LogP contribution in [0.15, 0.2) is 23.3 Å². The molecule has 0 saturated heterocycles. The van der Waals surface area contributed by atoms with E-state index in [1.807, 2.05) is 0 Å². The summed E-state index contributed by atoms with van der Waals surface area (Å²) in [7, 11) is 0. The molecule has 0 aromatic heterocycles. The summed E-state index contributed by atoms with van der Waals surface area (Å²) in [5.74, 6) is -7.12. The molecule has 0 aromatic carbocycles. The zero-order valence-electron chi connectivity index (χ0n) is 10.3. The van der Waals surface area contributed by atoms with Crippen molar-refractivity contribution < 1.29 is 35.9 Å². The first-order chi connectivity index (χ1) is 8.41. The van der Waals surface area contributed by atoms with E-state index in [-0.39, 0.29) is 0 Å². The number of ether oxygens (including phenoxy) is 1. The van der Waals surface area contributed by atoms with Gasteiger partial charge in [-0.2, -0.15) is 17.6 Å². The summed E-state index contributed by atoms with van der Waals surface area (Å²) in [6.07, 6.45) is -8.17. The van der Waals surface area contributed by atoms with Crippen LogP contribution in [0, 0.1) is 0 Å². The minimum Gasteiger partial charge on any atom is -0.412 e. The second-order valence-electron chi connectivity index (χ2n) is 3.93. The number of alkyl halides is 6. The fourth-order valence-electron chi connectivity index (χ4n) is 0.801. The second kappa shape index (κ2) is 6.12. The Labute approximate surface area is 105 Å². The van der Waals surface area contributed by atoms with E-state index >= 15 is 0 Å². The third-order valence-corrected chi connectivity index (χ3v) is 1.90. The van der Waals surface area contributed by atoms with Crippen LogP contribution in [0.25, 0.3) is 0 Å². The number of carbonyl (C=O) groups excluding carboxylic acids is 1. The summed E-state index contributed by atoms with van der Waals surface area (Å²) in [4.78, 5) is 11.1. The number of hydrogen-bond acceptors (Lipinski definition) is 2. The van der Waals surface area contributed by atoms with Crippen LogP contribution in [0.3, 0.4) is 0 Å². The van der Waals surface area contributed by atoms with Crippen LogP contribution in [0.5, 0.6) is 0 Å². The molecule has 0 fully saturated rings. The van der Waals surface area contributed by atoms with Crippen molar-refractivity contribution in [1.82, 2.24) is 0 Å². The average molecular weight is 290 g/mol. The van der Waals surface area contributed by atoms with Gasteiger partial charge >= 0.3 is 24.4 Å². The quantitative estimate of drug-likeness (QED) is 0.339. The van der Waals surface area contributed by atoms with Gasteiger partial charge in [0.25, 0.3) is 0 Å². The fourth-order valence-corrected chi connectivity index (χ4v) is 0.801. The molecular weight excluding hydrogens is 278 g/mol. The van der Waals surface area contributed by atoms with Gasteiger partial charge < -0.3 is 4.74 Å². The lowest BCUT2D eigenvalue weighted by Crippen LogP contribution is -2.51. The third-order valence-electron chi connectivity index (χ3n) is 1.90. The van der Waals surface area contributed by atoms with E-state index in [0.29, 0.717) is 5.57 Å². The normalized spacial score (nSPS) is 16.0. The van der Waals surface area contributed by atoms with Crippen molar-refractivity contribution in [2.24, 2.45) is 0 Å². The van der Waals surface area contributed by atoms with Crippen LogP contribution < -0.4 is 0 Å². The van der Waals surface area contributed by atoms with E-state index in [1.54, 1.807) is 13.8 Å². The Morgan fingerprint density at radius 2 is 1.53 bits per heavy atom. The van der Waals surface area contributed by atoms with Crippen LogP contribution in [-0.4, -0.2) is 24.4 Å². The van der Waals surface area contributed by atoms with E-state index < -0.39 is 30.0 Å². The fraction of sp³-hybridized carbons (Fsp3) is 0.545. The molecule has 0 aliphatic rings. The van der Waals surface area contributed by atoms with E-state index in [0.717, 1.165) is 13.0 Å². The Bertz CT molecular complexity index is 392. The van der Waals surface area contributed by atoms with Crippen molar-refractivity contribution in [1.29, 1.82) is 0 Å². The number of halogens is 6. The first kappa shape index (κ1) is 17.5. The van der Waals surface area contributed by atoms with Crippen molar-refractivity contribution in [3.63, 3.8) is 0 Å². The summed E-state index contributed by atoms with van der Waals surface area (Å²) in [6, 6.07) is 0. The highest BCUT2D eigenvalue weighted by Gasteiger charge is 2.66. The molecule has 19 heavy (non-hydrogen) atoms. The van der Waals surface area contributed by atoms with Gasteiger partial charge in [0.05, 0.1) is 0 Å². The van der Waals surface area contributed by atoms with Gasteiger partial charge in [-0.05, 0) is 20.8 Å². The maximum absolute atomic E-state index is 13.1. The molecule has 0 saturated carbocycles. The van der Waals surface area contributed by atoms with Crippen molar-refractivity contribution in [3.05, 3.63) is 23.3 Å². The topological polar surface area (TPSA) is 26.3 Å². The molecule has 1 atom stereocenters. The smallest absolute Gasteiger partial charge is 0.412 e. The lowest BCUT2D eigenvalue weighted by atomic mass is 10.2. The molecule has 0 radical (unpaired) electrons. The van der Waals surface area contributed by atoms with Crippen molar-refractivity contribution in [3.8, 4) is 0 Å². The van der Waals surface area contributed by atoms with Gasteiger partial charge in [0.2, 0.25) is 0 Å². The SMILES string of the molecule is CC(C)=C/C=C(/C)C(=O)OC(F)(C(F)F)C(F)(F)F. The standard InChI is InChI=1S/C11H12F6O2/c1-6(2)4-5-7(3)8(18)19-10(14,9(12)13)11(15,16)17/h4-5,9H,1-3H3/b7-5-. The van der Waals surface area contributed by atoms with E-state index in [9.17, 15) is 31.1 Å². The van der Waals surface area contributed by atoms with Gasteiger partial charge in [-0.3, -0.25) is 0 Å². The molecule has 8 heteroatoms. The summed E-state index contributed by atoms with van der Waals surface area (Å²) in [6.45, 7) is 4.27. The number of hydrogen-bond donors (Lipinski definition) is 0. The van der Waals surface area contributed by atoms with Crippen molar-refractivity contribution >= 4 is 5.97 Å². The van der Waals surface area contributed by atoms with Crippen LogP contribution in [-0.2, 0) is 9.53 Å². The van der Waals surface area contributed by atoms with Crippen molar-refractivity contribution in [2.45, 2.75) is 39.2 Å². The molecule has 0 amide bonds. The van der Waals surface area contributed by atoms with Crippen LogP contribution in [0.2, 0.25) is 0 Å². The second-order valence-corrected chi connectivity index (χ2v) is 3.93. The molecule has 0 aliphatic carbocycles. The highest BCUT2D eigenvalue weighted by atomic mass is 19.4. The van der Waals surface area contributed by atoms with Gasteiger partial charge in [-0.15, -0.1) is 0 Å². The molecule has 0 spiro atoms. The zero-order chi connectivity index (χ0) is 15.4. The Hall–Kier alpha value is -1.47. The summed E-state index contributed by atoms with van der Waals surface area (Å²) >= 11 is 0. The minimum atomic E-state index is -6.02. The molecule has 2 nitrogen and oxygen atoms in total. The van der Waals surface area contributed by atoms with E-state index in [4.69, 9.17) is 0 Å². The molecule has 0 aliphatic heterocycles. The van der Waals surface area contributed by atoms with Gasteiger partial charge in [0.1, 0.15) is 0 Å². The Morgan fingerprint density at radius 3 is 1.84 bits per heavy atom. The Balaban J connectivity index is 5.15. The van der Waals surface area contributed by atoms with Gasteiger partial charge in [0.15, 0.2) is 0 Å². The van der Waals surface area contributed by atoms with E-state index in [2.05, 4.69) is 4.74 Å². The molecule has 0 aromatic rings. The monoisotopic (exact) mass is 290 g/mol. The van der Waals surface area contributed by atoms with Gasteiger partial charge in [-0.1, -0.05) is 17.7 Å². The molecule has 0 rings (SSSR count). The lowest BCUT2D eigenvalue weighted by molar-refractivity contribution is -0.354. The first-order valence-corrected chi connectivity index (χ1v) is 5.00. The maximum Gasteiger partial charge on any atom is 0.466 e. The highest BCUT2D eigenvalue weighted by molar-refractivity contribution is 5.88. The minimum absolute atomic E-state index is 0.437. The van der Waals surface area contributed by atoms with Gasteiger partial charge in [-0.25, -0.2) is 13.6 Å². The average Bonchev–Trinajstić information content (AvgIpc) is 2.23. The summed E-state index contributed by atoms with van der Waals surface area (Å²) in [5, 5.41) is 0. The molecule has 1 unspecified atom stereocenters.